The molecule has 0 saturated carbocycles. The van der Waals surface area contributed by atoms with Crippen LogP contribution in [0.3, 0.4) is 0 Å². The van der Waals surface area contributed by atoms with Crippen LogP contribution in [0.15, 0.2) is 33.7 Å². The molecule has 0 unspecified atom stereocenters. The molecule has 2 amide bonds. The van der Waals surface area contributed by atoms with Crippen LogP contribution in [0, 0.1) is 23.7 Å². The van der Waals surface area contributed by atoms with E-state index in [1.54, 1.807) is 51.3 Å². The number of esters is 1. The Balaban J connectivity index is 1.59. The Hall–Kier alpha value is -4.19. The van der Waals surface area contributed by atoms with Crippen molar-refractivity contribution >= 4 is 52.1 Å². The number of aromatic nitrogens is 2. The number of nitrogens with two attached hydrogens (primary N) is 1. The monoisotopic (exact) mass is 1020 g/mol. The molecule has 3 aliphatic rings. The number of pyridine rings is 1. The smallest absolute Gasteiger partial charge is 0.351 e. The van der Waals surface area contributed by atoms with Gasteiger partial charge in [-0.15, -0.1) is 11.3 Å². The summed E-state index contributed by atoms with van der Waals surface area (Å²) in [4.78, 5) is 76.2. The van der Waals surface area contributed by atoms with Gasteiger partial charge in [-0.2, -0.15) is 0 Å². The number of carbonyl (C=O) groups is 4. The number of alkyl halides is 1. The first-order valence-corrected chi connectivity index (χ1v) is 25.5. The predicted octanol–water partition coefficient (Wildman–Crippen LogP) is 5.43. The molecular weight excluding hydrogens is 942 g/mol. The maximum atomic E-state index is 17.0. The lowest BCUT2D eigenvalue weighted by Gasteiger charge is -2.47. The van der Waals surface area contributed by atoms with Gasteiger partial charge in [0.25, 0.3) is 5.67 Å². The van der Waals surface area contributed by atoms with E-state index in [4.69, 9.17) is 39.2 Å². The highest BCUT2D eigenvalue weighted by Crippen LogP contribution is 2.41. The summed E-state index contributed by atoms with van der Waals surface area (Å²) < 4.78 is 49.2. The minimum Gasteiger partial charge on any atom is -0.457 e. The minimum atomic E-state index is -3.25. The number of nitrogens with zero attached hydrogens (tertiary/aromatic N) is 5. The highest BCUT2D eigenvalue weighted by atomic mass is 32.1. The van der Waals surface area contributed by atoms with E-state index >= 15 is 4.39 Å². The molecule has 5 heterocycles. The third-order valence-corrected chi connectivity index (χ3v) is 14.6. The number of aliphatic hydroxyl groups is 2. The number of hydrogen-bond acceptors (Lipinski definition) is 18. The number of amides is 2. The second-order valence-corrected chi connectivity index (χ2v) is 21.4. The van der Waals surface area contributed by atoms with Gasteiger partial charge in [-0.05, 0) is 91.4 Å². The van der Waals surface area contributed by atoms with Gasteiger partial charge in [0, 0.05) is 35.4 Å². The molecule has 19 nitrogen and oxygen atoms in total. The molecule has 396 valence electrons. The third-order valence-electron chi connectivity index (χ3n) is 13.7. The molecule has 0 aliphatic carbocycles. The summed E-state index contributed by atoms with van der Waals surface area (Å²) in [6.07, 6.45) is -6.17. The Bertz CT molecular complexity index is 2240. The Morgan fingerprint density at radius 2 is 1.79 bits per heavy atom. The summed E-state index contributed by atoms with van der Waals surface area (Å²) in [7, 11) is 3.62. The Morgan fingerprint density at radius 3 is 2.44 bits per heavy atom. The lowest BCUT2D eigenvalue weighted by Crippen LogP contribution is -2.61. The van der Waals surface area contributed by atoms with Crippen LogP contribution in [-0.4, -0.2) is 153 Å². The summed E-state index contributed by atoms with van der Waals surface area (Å²) in [6, 6.07) is 4.05. The van der Waals surface area contributed by atoms with E-state index in [0.29, 0.717) is 40.8 Å². The van der Waals surface area contributed by atoms with Gasteiger partial charge in [-0.1, -0.05) is 59.7 Å². The lowest BCUT2D eigenvalue weighted by atomic mass is 9.73. The van der Waals surface area contributed by atoms with Crippen LogP contribution >= 0.6 is 11.3 Å². The minimum absolute atomic E-state index is 0.0240. The lowest BCUT2D eigenvalue weighted by molar-refractivity contribution is -0.296. The maximum absolute atomic E-state index is 17.0. The molecule has 0 aromatic carbocycles. The molecule has 2 bridgehead atoms. The van der Waals surface area contributed by atoms with Crippen molar-refractivity contribution in [1.82, 2.24) is 14.9 Å². The molecular formula is C50H76FN7O12S. The van der Waals surface area contributed by atoms with Crippen LogP contribution in [0.5, 0.6) is 0 Å². The summed E-state index contributed by atoms with van der Waals surface area (Å²) in [5.74, 6) is -5.95. The number of anilines is 1. The summed E-state index contributed by atoms with van der Waals surface area (Å²) in [6.45, 7) is 17.1. The molecule has 5 rings (SSSR count). The predicted molar refractivity (Wildman–Crippen MR) is 265 cm³/mol. The van der Waals surface area contributed by atoms with E-state index < -0.39 is 101 Å². The van der Waals surface area contributed by atoms with E-state index in [1.165, 1.54) is 25.2 Å². The highest BCUT2D eigenvalue weighted by Gasteiger charge is 2.57. The summed E-state index contributed by atoms with van der Waals surface area (Å²) in [5, 5.41) is 33.8. The number of ketones is 1. The topological polar surface area (TPSA) is 256 Å². The maximum Gasteiger partial charge on any atom is 0.351 e. The number of carbonyl (C=O) groups excluding carboxylic acids is 4. The number of oxime groups is 1. The molecule has 3 aliphatic heterocycles. The van der Waals surface area contributed by atoms with Crippen LogP contribution in [0.1, 0.15) is 114 Å². The second-order valence-electron chi connectivity index (χ2n) is 20.5. The molecule has 2 aromatic heterocycles. The van der Waals surface area contributed by atoms with E-state index in [9.17, 15) is 29.4 Å². The number of ether oxygens (including phenoxy) is 5. The fraction of sp³-hybridized carbons (Fsp3) is 0.720. The number of cyclic esters (lactones) is 1. The van der Waals surface area contributed by atoms with Gasteiger partial charge in [0.1, 0.15) is 40.0 Å². The van der Waals surface area contributed by atoms with Gasteiger partial charge in [-0.25, -0.2) is 24.1 Å². The fourth-order valence-electron chi connectivity index (χ4n) is 9.79. The van der Waals surface area contributed by atoms with E-state index in [2.05, 4.69) is 20.4 Å². The van der Waals surface area contributed by atoms with Gasteiger partial charge in [0.2, 0.25) is 11.8 Å². The Morgan fingerprint density at radius 1 is 1.08 bits per heavy atom. The molecule has 5 N–H and O–H groups in total. The van der Waals surface area contributed by atoms with Gasteiger partial charge in [0.15, 0.2) is 18.7 Å². The molecule has 71 heavy (non-hydrogen) atoms. The fourth-order valence-corrected chi connectivity index (χ4v) is 10.6. The van der Waals surface area contributed by atoms with Gasteiger partial charge in [0.05, 0.1) is 48.9 Å². The SMILES string of the molecule is CCC(=O)N=C1[C@H](C)C[C@@]2(C)OC/C(=N/OCc3csc(-c4cccc(NC(=O)[C@@H](N)CC(C)C)n4)n3)CO[C@H]([C@H]1C)[C@](C)(O)[C@@H](CC)OC(=O)[C@@](C)(F)C(=O)[C@H](C)[C@H]2O[C@@H]1O[C@H](C)C[C@H](N(C)C)[C@H]1O. The molecule has 0 radical (unpaired) electrons. The van der Waals surface area contributed by atoms with Crippen molar-refractivity contribution in [1.29, 1.82) is 0 Å². The van der Waals surface area contributed by atoms with Crippen LogP contribution in [0.2, 0.25) is 0 Å². The highest BCUT2D eigenvalue weighted by molar-refractivity contribution is 7.13. The van der Waals surface area contributed by atoms with Crippen molar-refractivity contribution in [3.63, 3.8) is 0 Å². The summed E-state index contributed by atoms with van der Waals surface area (Å²) in [5.41, 5.74) is 0.619. The van der Waals surface area contributed by atoms with Crippen LogP contribution < -0.4 is 11.1 Å². The van der Waals surface area contributed by atoms with Crippen LogP contribution in [0.4, 0.5) is 10.2 Å². The quantitative estimate of drug-likeness (QED) is 0.111. The number of rotatable bonds is 13. The van der Waals surface area contributed by atoms with Gasteiger partial charge < -0.3 is 54.7 Å². The average Bonchev–Trinajstić information content (AvgIpc) is 3.78. The van der Waals surface area contributed by atoms with Crippen molar-refractivity contribution in [2.24, 2.45) is 39.6 Å². The molecule has 0 spiro atoms. The number of halogens is 1. The van der Waals surface area contributed by atoms with Crippen molar-refractivity contribution in [3.05, 3.63) is 29.3 Å². The second kappa shape index (κ2) is 24.2. The number of Topliss-reactive ketones (excluding diaryl/α,β-unsaturated/α-hetero) is 1. The Labute approximate surface area is 420 Å². The zero-order valence-corrected chi connectivity index (χ0v) is 44.3. The van der Waals surface area contributed by atoms with Gasteiger partial charge in [-0.3, -0.25) is 14.4 Å². The first-order chi connectivity index (χ1) is 33.2. The molecule has 3 fully saturated rings. The van der Waals surface area contributed by atoms with Crippen molar-refractivity contribution in [2.75, 3.05) is 32.6 Å². The molecule has 2 aromatic rings. The molecule has 14 atom stereocenters. The van der Waals surface area contributed by atoms with Crippen molar-refractivity contribution in [3.8, 4) is 10.7 Å². The number of thiazole rings is 1. The summed E-state index contributed by atoms with van der Waals surface area (Å²) >= 11 is 1.30. The van der Waals surface area contributed by atoms with Crippen LogP contribution in [-0.2, 0) is 54.3 Å². The molecule has 3 saturated heterocycles. The molecule has 21 heteroatoms. The van der Waals surface area contributed by atoms with Gasteiger partial charge >= 0.3 is 5.97 Å². The average molecular weight is 1020 g/mol. The third kappa shape index (κ3) is 13.9. The number of nitrogens with one attached hydrogen (secondary N) is 1. The zero-order chi connectivity index (χ0) is 52.7. The van der Waals surface area contributed by atoms with E-state index in [0.717, 1.165) is 6.92 Å². The zero-order valence-electron chi connectivity index (χ0n) is 43.5. The van der Waals surface area contributed by atoms with Crippen LogP contribution in [0.25, 0.3) is 10.7 Å². The number of hydrogen-bond donors (Lipinski definition) is 4. The van der Waals surface area contributed by atoms with E-state index in [1.807, 2.05) is 46.7 Å². The number of fused-ring (bicyclic) bond motifs is 5. The number of aliphatic hydroxyl groups excluding tert-OH is 1. The largest absolute Gasteiger partial charge is 0.457 e. The number of likely N-dealkylation sites (N-methyl/N-ethyl adjacent to an activating group) is 1. The normalized spacial score (nSPS) is 35.1. The number of aliphatic imine (C=N–C) groups is 1. The van der Waals surface area contributed by atoms with E-state index in [-0.39, 0.29) is 56.6 Å². The van der Waals surface area contributed by atoms with Crippen molar-refractivity contribution in [2.45, 2.75) is 181 Å². The first kappa shape index (κ1) is 57.7. The standard InChI is InChI=1S/C50H76FN7O12S/c1-14-36-50(11,64)43-29(7)39(56-38(59)15-2)27(5)21-48(9,42(30(8)41(61)49(10,51)47(63)69-36)70-46-40(60)35(58(12)13)20-28(6)68-46)66-23-31(22-65-43)57-67-24-32-25-71-45(53-32)34-17-16-18-37(54-34)55-44(62)33(52)19-26(3)4/h16-18,25-30,33,35-36,40,42-43,46,60,64H,14-15,19-24,52H2,1-13H3,(H,54,55,62)/b56-39?,57-31+/t27-,28-,29+,30+,33+,35+,36-,40-,42-,43-,46+,48-,49+,50-/m1/s1. The Kier molecular flexibility index (Phi) is 19.7. The first-order valence-electron chi connectivity index (χ1n) is 24.6. The van der Waals surface area contributed by atoms with Crippen molar-refractivity contribution < 1.29 is 62.3 Å².